The van der Waals surface area contributed by atoms with Crippen molar-refractivity contribution >= 4 is 44.8 Å². The van der Waals surface area contributed by atoms with Crippen LogP contribution in [0.2, 0.25) is 0 Å². The first-order valence-corrected chi connectivity index (χ1v) is 11.2. The molecule has 2 aromatic heterocycles. The van der Waals surface area contributed by atoms with Gasteiger partial charge in [-0.05, 0) is 42.8 Å². The van der Waals surface area contributed by atoms with Gasteiger partial charge in [-0.15, -0.1) is 0 Å². The second-order valence-electron chi connectivity index (χ2n) is 7.97. The zero-order chi connectivity index (χ0) is 22.2. The summed E-state index contributed by atoms with van der Waals surface area (Å²) in [5, 5.41) is 3.04. The third-order valence-electron chi connectivity index (χ3n) is 5.75. The molecule has 1 atom stereocenters. The molecule has 0 saturated carbocycles. The normalized spacial score (nSPS) is 16.0. The van der Waals surface area contributed by atoms with Gasteiger partial charge >= 0.3 is 0 Å². The molecule has 1 unspecified atom stereocenters. The maximum absolute atomic E-state index is 13.1. The number of carbonyl (C=O) groups excluding carboxylic acids is 2. The molecule has 0 spiro atoms. The minimum absolute atomic E-state index is 0.0487. The number of aromatic nitrogens is 2. The van der Waals surface area contributed by atoms with Gasteiger partial charge in [0.15, 0.2) is 0 Å². The zero-order valence-corrected chi connectivity index (χ0v) is 19.0. The van der Waals surface area contributed by atoms with Gasteiger partial charge in [-0.1, -0.05) is 46.3 Å². The number of fused-ring (bicyclic) bond motifs is 1. The minimum Gasteiger partial charge on any atom is -0.325 e. The van der Waals surface area contributed by atoms with Crippen molar-refractivity contribution in [3.05, 3.63) is 83.1 Å². The molecule has 1 aliphatic rings. The van der Waals surface area contributed by atoms with Crippen LogP contribution >= 0.6 is 15.9 Å². The lowest BCUT2D eigenvalue weighted by Gasteiger charge is -2.17. The number of hydrogen-bond donors (Lipinski definition) is 1. The van der Waals surface area contributed by atoms with Gasteiger partial charge in [-0.25, -0.2) is 4.98 Å². The summed E-state index contributed by atoms with van der Waals surface area (Å²) in [4.78, 5) is 32.1. The van der Waals surface area contributed by atoms with Crippen LogP contribution in [0.3, 0.4) is 0 Å². The van der Waals surface area contributed by atoms with Crippen LogP contribution in [0.1, 0.15) is 12.0 Å². The summed E-state index contributed by atoms with van der Waals surface area (Å²) in [5.74, 6) is -0.631. The Hall–Kier alpha value is -3.45. The number of imidazole rings is 1. The number of anilines is 2. The van der Waals surface area contributed by atoms with E-state index >= 15 is 0 Å². The lowest BCUT2D eigenvalue weighted by molar-refractivity contribution is -0.122. The summed E-state index contributed by atoms with van der Waals surface area (Å²) in [6, 6.07) is 19.2. The number of nitrogens with one attached hydrogen (secondary N) is 1. The van der Waals surface area contributed by atoms with Gasteiger partial charge in [0.2, 0.25) is 11.8 Å². The molecule has 32 heavy (non-hydrogen) atoms. The highest BCUT2D eigenvalue weighted by atomic mass is 79.9. The van der Waals surface area contributed by atoms with Crippen LogP contribution in [0.15, 0.2) is 77.5 Å². The molecule has 2 aromatic carbocycles. The molecule has 2 amide bonds. The maximum Gasteiger partial charge on any atom is 0.229 e. The SMILES string of the molecule is Cc1cccn2cc(-c3ccccc3NC(=O)C3CC(=O)N(c4cccc(Br)c4)C3)nc12. The second kappa shape index (κ2) is 8.24. The van der Waals surface area contributed by atoms with Crippen molar-refractivity contribution in [2.24, 2.45) is 5.92 Å². The van der Waals surface area contributed by atoms with Crippen molar-refractivity contribution in [3.63, 3.8) is 0 Å². The number of halogens is 1. The van der Waals surface area contributed by atoms with Crippen LogP contribution in [-0.4, -0.2) is 27.7 Å². The Kier molecular flexibility index (Phi) is 5.27. The Morgan fingerprint density at radius 2 is 1.97 bits per heavy atom. The Bertz CT molecular complexity index is 1350. The number of pyridine rings is 1. The van der Waals surface area contributed by atoms with Crippen LogP contribution in [0.25, 0.3) is 16.9 Å². The minimum atomic E-state index is -0.419. The summed E-state index contributed by atoms with van der Waals surface area (Å²) in [5.41, 5.74) is 5.07. The molecule has 0 radical (unpaired) electrons. The highest BCUT2D eigenvalue weighted by molar-refractivity contribution is 9.10. The molecule has 1 N–H and O–H groups in total. The standard InChI is InChI=1S/C25H21BrN4O2/c1-16-6-5-11-29-15-22(27-24(16)29)20-9-2-3-10-21(20)28-25(32)17-12-23(31)30(14-17)19-8-4-7-18(26)13-19/h2-11,13,15,17H,12,14H2,1H3,(H,28,32). The van der Waals surface area contributed by atoms with E-state index in [1.807, 2.05) is 84.4 Å². The van der Waals surface area contributed by atoms with Crippen molar-refractivity contribution < 1.29 is 9.59 Å². The lowest BCUT2D eigenvalue weighted by Crippen LogP contribution is -2.28. The van der Waals surface area contributed by atoms with E-state index in [1.54, 1.807) is 4.90 Å². The molecular weight excluding hydrogens is 468 g/mol. The maximum atomic E-state index is 13.1. The third-order valence-corrected chi connectivity index (χ3v) is 6.25. The molecule has 6 nitrogen and oxygen atoms in total. The second-order valence-corrected chi connectivity index (χ2v) is 8.88. The monoisotopic (exact) mass is 488 g/mol. The molecule has 5 rings (SSSR count). The van der Waals surface area contributed by atoms with Crippen LogP contribution in [0.4, 0.5) is 11.4 Å². The Morgan fingerprint density at radius 3 is 2.78 bits per heavy atom. The van der Waals surface area contributed by atoms with Crippen molar-refractivity contribution in [2.75, 3.05) is 16.8 Å². The number of hydrogen-bond acceptors (Lipinski definition) is 3. The summed E-state index contributed by atoms with van der Waals surface area (Å²) >= 11 is 3.44. The Labute approximate surface area is 194 Å². The number of carbonyl (C=O) groups is 2. The fourth-order valence-electron chi connectivity index (χ4n) is 4.11. The predicted octanol–water partition coefficient (Wildman–Crippen LogP) is 5.06. The third kappa shape index (κ3) is 3.80. The molecule has 3 heterocycles. The smallest absolute Gasteiger partial charge is 0.229 e. The number of amides is 2. The summed E-state index contributed by atoms with van der Waals surface area (Å²) < 4.78 is 2.88. The summed E-state index contributed by atoms with van der Waals surface area (Å²) in [6.07, 6.45) is 4.11. The first kappa shape index (κ1) is 20.5. The predicted molar refractivity (Wildman–Crippen MR) is 129 cm³/mol. The molecule has 7 heteroatoms. The molecule has 160 valence electrons. The van der Waals surface area contributed by atoms with Crippen LogP contribution in [-0.2, 0) is 9.59 Å². The van der Waals surface area contributed by atoms with E-state index in [9.17, 15) is 9.59 Å². The molecular formula is C25H21BrN4O2. The van der Waals surface area contributed by atoms with E-state index in [0.717, 1.165) is 32.6 Å². The zero-order valence-electron chi connectivity index (χ0n) is 17.5. The van der Waals surface area contributed by atoms with Crippen LogP contribution in [0, 0.1) is 12.8 Å². The van der Waals surface area contributed by atoms with E-state index in [1.165, 1.54) is 0 Å². The van der Waals surface area contributed by atoms with E-state index < -0.39 is 5.92 Å². The van der Waals surface area contributed by atoms with Crippen LogP contribution < -0.4 is 10.2 Å². The highest BCUT2D eigenvalue weighted by Gasteiger charge is 2.35. The molecule has 1 fully saturated rings. The number of benzene rings is 2. The topological polar surface area (TPSA) is 66.7 Å². The Balaban J connectivity index is 1.38. The molecule has 1 saturated heterocycles. The average molecular weight is 489 g/mol. The van der Waals surface area contributed by atoms with Crippen molar-refractivity contribution in [1.29, 1.82) is 0 Å². The number of rotatable bonds is 4. The first-order chi connectivity index (χ1) is 15.5. The summed E-state index contributed by atoms with van der Waals surface area (Å²) in [6.45, 7) is 2.38. The first-order valence-electron chi connectivity index (χ1n) is 10.4. The van der Waals surface area contributed by atoms with Gasteiger partial charge in [0.1, 0.15) is 5.65 Å². The lowest BCUT2D eigenvalue weighted by atomic mass is 10.1. The van der Waals surface area contributed by atoms with Crippen molar-refractivity contribution in [3.8, 4) is 11.3 Å². The molecule has 0 bridgehead atoms. The molecule has 0 aliphatic carbocycles. The van der Waals surface area contributed by atoms with E-state index in [0.29, 0.717) is 12.2 Å². The number of nitrogens with zero attached hydrogens (tertiary/aromatic N) is 3. The van der Waals surface area contributed by atoms with Gasteiger partial charge in [-0.2, -0.15) is 0 Å². The quantitative estimate of drug-likeness (QED) is 0.436. The summed E-state index contributed by atoms with van der Waals surface area (Å²) in [7, 11) is 0. The average Bonchev–Trinajstić information content (AvgIpc) is 3.39. The highest BCUT2D eigenvalue weighted by Crippen LogP contribution is 2.31. The number of para-hydroxylation sites is 1. The van der Waals surface area contributed by atoms with Gasteiger partial charge in [0.05, 0.1) is 17.3 Å². The van der Waals surface area contributed by atoms with E-state index in [-0.39, 0.29) is 18.2 Å². The van der Waals surface area contributed by atoms with E-state index in [2.05, 4.69) is 21.2 Å². The van der Waals surface area contributed by atoms with E-state index in [4.69, 9.17) is 4.98 Å². The van der Waals surface area contributed by atoms with Gasteiger partial charge in [0, 0.05) is 41.1 Å². The van der Waals surface area contributed by atoms with Gasteiger partial charge in [-0.3, -0.25) is 9.59 Å². The van der Waals surface area contributed by atoms with Crippen molar-refractivity contribution in [2.45, 2.75) is 13.3 Å². The van der Waals surface area contributed by atoms with Crippen LogP contribution in [0.5, 0.6) is 0 Å². The fraction of sp³-hybridized carbons (Fsp3) is 0.160. The number of aryl methyl sites for hydroxylation is 1. The Morgan fingerprint density at radius 1 is 1.12 bits per heavy atom. The molecule has 1 aliphatic heterocycles. The van der Waals surface area contributed by atoms with Crippen molar-refractivity contribution in [1.82, 2.24) is 9.38 Å². The molecule has 4 aromatic rings. The largest absolute Gasteiger partial charge is 0.325 e. The fourth-order valence-corrected chi connectivity index (χ4v) is 4.50. The van der Waals surface area contributed by atoms with Gasteiger partial charge < -0.3 is 14.6 Å². The van der Waals surface area contributed by atoms with Gasteiger partial charge in [0.25, 0.3) is 0 Å².